The van der Waals surface area contributed by atoms with Gasteiger partial charge in [-0.25, -0.2) is 13.5 Å². The van der Waals surface area contributed by atoms with Gasteiger partial charge in [-0.1, -0.05) is 6.58 Å². The zero-order chi connectivity index (χ0) is 23.7. The Morgan fingerprint density at radius 3 is 2.39 bits per heavy atom. The summed E-state index contributed by atoms with van der Waals surface area (Å²) >= 11 is 0. The molecule has 3 aromatic rings. The minimum atomic E-state index is -0.756. The number of carbonyl (C=O) groups excluding carboxylic acids is 2. The molecule has 1 aliphatic heterocycles. The first-order valence-corrected chi connectivity index (χ1v) is 10.1. The van der Waals surface area contributed by atoms with Crippen molar-refractivity contribution in [2.24, 2.45) is 5.73 Å². The van der Waals surface area contributed by atoms with E-state index < -0.39 is 17.5 Å². The van der Waals surface area contributed by atoms with Crippen LogP contribution in [0.4, 0.5) is 14.6 Å². The van der Waals surface area contributed by atoms with Crippen molar-refractivity contribution in [1.29, 1.82) is 0 Å². The first kappa shape index (κ1) is 22.0. The number of ether oxygens (including phenoxy) is 1. The van der Waals surface area contributed by atoms with Crippen LogP contribution in [0.3, 0.4) is 0 Å². The van der Waals surface area contributed by atoms with Crippen molar-refractivity contribution in [3.8, 4) is 22.8 Å². The first-order chi connectivity index (χ1) is 15.8. The van der Waals surface area contributed by atoms with E-state index in [-0.39, 0.29) is 34.8 Å². The number of hydrogen-bond acceptors (Lipinski definition) is 5. The molecule has 1 atom stereocenters. The highest BCUT2D eigenvalue weighted by Gasteiger charge is 2.31. The molecule has 10 heteroatoms. The van der Waals surface area contributed by atoms with Gasteiger partial charge in [0, 0.05) is 36.9 Å². The number of likely N-dealkylation sites (tertiary alicyclic amines) is 1. The number of amides is 2. The number of nitrogen functional groups attached to an aromatic ring is 1. The predicted molar refractivity (Wildman–Crippen MR) is 117 cm³/mol. The monoisotopic (exact) mass is 453 g/mol. The molecular formula is C23H21F2N5O3. The molecule has 2 aromatic carbocycles. The summed E-state index contributed by atoms with van der Waals surface area (Å²) in [5, 5.41) is 4.53. The quantitative estimate of drug-likeness (QED) is 0.556. The molecule has 0 radical (unpaired) electrons. The van der Waals surface area contributed by atoms with Gasteiger partial charge < -0.3 is 21.1 Å². The highest BCUT2D eigenvalue weighted by molar-refractivity contribution is 6.03. The normalized spacial score (nSPS) is 15.5. The number of hydrogen-bond donors (Lipinski definition) is 2. The van der Waals surface area contributed by atoms with Crippen molar-refractivity contribution < 1.29 is 23.1 Å². The van der Waals surface area contributed by atoms with Gasteiger partial charge in [0.15, 0.2) is 0 Å². The molecule has 0 unspecified atom stereocenters. The van der Waals surface area contributed by atoms with E-state index in [9.17, 15) is 18.4 Å². The average Bonchev–Trinajstić information content (AvgIpc) is 3.37. The Kier molecular flexibility index (Phi) is 5.82. The van der Waals surface area contributed by atoms with Crippen LogP contribution in [-0.4, -0.2) is 39.6 Å². The van der Waals surface area contributed by atoms with Crippen molar-refractivity contribution in [1.82, 2.24) is 14.7 Å². The molecule has 4 N–H and O–H groups in total. The molecule has 1 saturated heterocycles. The van der Waals surface area contributed by atoms with E-state index >= 15 is 0 Å². The van der Waals surface area contributed by atoms with Gasteiger partial charge in [-0.3, -0.25) is 9.59 Å². The van der Waals surface area contributed by atoms with Crippen LogP contribution in [0.1, 0.15) is 22.8 Å². The lowest BCUT2D eigenvalue weighted by atomic mass is 10.1. The second kappa shape index (κ2) is 8.73. The Hall–Kier alpha value is -4.21. The fourth-order valence-electron chi connectivity index (χ4n) is 3.85. The molecular weight excluding hydrogens is 432 g/mol. The fourth-order valence-corrected chi connectivity index (χ4v) is 3.85. The standard InChI is InChI=1S/C23H21F2N5O3/c1-2-19(31)29-8-7-16(12-29)30-22(26)20(23(27)32)21(28-30)13-3-5-17(6-4-13)33-18-10-14(24)9-15(25)11-18/h2-6,9-11,16H,1,7-8,12,26H2,(H2,27,32)/t16-/m1/s1. The summed E-state index contributed by atoms with van der Waals surface area (Å²) in [7, 11) is 0. The molecule has 1 aliphatic rings. The molecule has 2 amide bonds. The Morgan fingerprint density at radius 2 is 1.79 bits per heavy atom. The SMILES string of the molecule is C=CC(=O)N1CC[C@@H](n2nc(-c3ccc(Oc4cc(F)cc(F)c4)cc3)c(C(N)=O)c2N)C1. The van der Waals surface area contributed by atoms with E-state index in [4.69, 9.17) is 16.2 Å². The maximum atomic E-state index is 13.4. The minimum Gasteiger partial charge on any atom is -0.457 e. The zero-order valence-electron chi connectivity index (χ0n) is 17.5. The lowest BCUT2D eigenvalue weighted by molar-refractivity contribution is -0.125. The Morgan fingerprint density at radius 1 is 1.12 bits per heavy atom. The molecule has 2 heterocycles. The van der Waals surface area contributed by atoms with Crippen molar-refractivity contribution in [3.63, 3.8) is 0 Å². The minimum absolute atomic E-state index is 0.00598. The first-order valence-electron chi connectivity index (χ1n) is 10.1. The predicted octanol–water partition coefficient (Wildman–Crippen LogP) is 3.26. The van der Waals surface area contributed by atoms with Gasteiger partial charge in [0.1, 0.15) is 40.2 Å². The molecule has 1 aromatic heterocycles. The van der Waals surface area contributed by atoms with Crippen LogP contribution in [0.2, 0.25) is 0 Å². The third kappa shape index (κ3) is 4.40. The van der Waals surface area contributed by atoms with E-state index in [1.807, 2.05) is 0 Å². The number of rotatable bonds is 6. The second-order valence-corrected chi connectivity index (χ2v) is 7.58. The molecule has 0 saturated carbocycles. The van der Waals surface area contributed by atoms with E-state index in [2.05, 4.69) is 11.7 Å². The van der Waals surface area contributed by atoms with Crippen LogP contribution < -0.4 is 16.2 Å². The van der Waals surface area contributed by atoms with Gasteiger partial charge in [-0.05, 0) is 36.8 Å². The summed E-state index contributed by atoms with van der Waals surface area (Å²) in [6.45, 7) is 4.39. The number of primary amides is 1. The summed E-state index contributed by atoms with van der Waals surface area (Å²) in [5.41, 5.74) is 12.7. The van der Waals surface area contributed by atoms with Crippen LogP contribution in [0.15, 0.2) is 55.1 Å². The lowest BCUT2D eigenvalue weighted by Gasteiger charge is -2.15. The second-order valence-electron chi connectivity index (χ2n) is 7.58. The summed E-state index contributed by atoms with van der Waals surface area (Å²) in [5.74, 6) is -1.99. The summed E-state index contributed by atoms with van der Waals surface area (Å²) in [4.78, 5) is 25.7. The van der Waals surface area contributed by atoms with E-state index in [1.54, 1.807) is 29.2 Å². The van der Waals surface area contributed by atoms with Gasteiger partial charge >= 0.3 is 0 Å². The number of halogens is 2. The van der Waals surface area contributed by atoms with Gasteiger partial charge in [-0.15, -0.1) is 0 Å². The topological polar surface area (TPSA) is 116 Å². The van der Waals surface area contributed by atoms with Crippen LogP contribution in [0.5, 0.6) is 11.5 Å². The smallest absolute Gasteiger partial charge is 0.254 e. The summed E-state index contributed by atoms with van der Waals surface area (Å²) < 4.78 is 33.8. The van der Waals surface area contributed by atoms with Crippen molar-refractivity contribution in [2.45, 2.75) is 12.5 Å². The number of benzene rings is 2. The Labute approximate surface area is 188 Å². The largest absolute Gasteiger partial charge is 0.457 e. The van der Waals surface area contributed by atoms with Crippen LogP contribution in [0.25, 0.3) is 11.3 Å². The molecule has 0 bridgehead atoms. The molecule has 170 valence electrons. The van der Waals surface area contributed by atoms with Crippen LogP contribution in [-0.2, 0) is 4.79 Å². The number of anilines is 1. The molecule has 1 fully saturated rings. The summed E-state index contributed by atoms with van der Waals surface area (Å²) in [6, 6.07) is 9.05. The van der Waals surface area contributed by atoms with Gasteiger partial charge in [0.25, 0.3) is 5.91 Å². The number of nitrogens with two attached hydrogens (primary N) is 2. The van der Waals surface area contributed by atoms with E-state index in [0.717, 1.165) is 18.2 Å². The lowest BCUT2D eigenvalue weighted by Crippen LogP contribution is -2.27. The maximum Gasteiger partial charge on any atom is 0.254 e. The van der Waals surface area contributed by atoms with E-state index in [1.165, 1.54) is 10.8 Å². The molecule has 4 rings (SSSR count). The van der Waals surface area contributed by atoms with Crippen molar-refractivity contribution in [2.75, 3.05) is 18.8 Å². The summed E-state index contributed by atoms with van der Waals surface area (Å²) in [6.07, 6.45) is 1.86. The fraction of sp³-hybridized carbons (Fsp3) is 0.174. The van der Waals surface area contributed by atoms with Crippen LogP contribution >= 0.6 is 0 Å². The molecule has 33 heavy (non-hydrogen) atoms. The maximum absolute atomic E-state index is 13.4. The zero-order valence-corrected chi connectivity index (χ0v) is 17.5. The van der Waals surface area contributed by atoms with E-state index in [0.29, 0.717) is 30.8 Å². The van der Waals surface area contributed by atoms with Gasteiger partial charge in [-0.2, -0.15) is 5.10 Å². The highest BCUT2D eigenvalue weighted by atomic mass is 19.1. The highest BCUT2D eigenvalue weighted by Crippen LogP contribution is 2.33. The number of nitrogens with zero attached hydrogens (tertiary/aromatic N) is 3. The van der Waals surface area contributed by atoms with Gasteiger partial charge in [0.2, 0.25) is 5.91 Å². The van der Waals surface area contributed by atoms with Crippen LogP contribution in [0, 0.1) is 11.6 Å². The third-order valence-electron chi connectivity index (χ3n) is 5.39. The molecule has 8 nitrogen and oxygen atoms in total. The number of aromatic nitrogens is 2. The molecule has 0 aliphatic carbocycles. The Balaban J connectivity index is 1.62. The third-order valence-corrected chi connectivity index (χ3v) is 5.39. The van der Waals surface area contributed by atoms with Gasteiger partial charge in [0.05, 0.1) is 6.04 Å². The van der Waals surface area contributed by atoms with Crippen molar-refractivity contribution in [3.05, 3.63) is 72.3 Å². The Bertz CT molecular complexity index is 1220. The average molecular weight is 453 g/mol. The molecule has 0 spiro atoms. The number of carbonyl (C=O) groups is 2. The van der Waals surface area contributed by atoms with Crippen molar-refractivity contribution >= 4 is 17.6 Å².